The van der Waals surface area contributed by atoms with Crippen molar-refractivity contribution < 1.29 is 4.79 Å². The summed E-state index contributed by atoms with van der Waals surface area (Å²) >= 11 is 1.60. The second-order valence-electron chi connectivity index (χ2n) is 7.94. The fraction of sp³-hybridized carbons (Fsp3) is 0.545. The predicted octanol–water partition coefficient (Wildman–Crippen LogP) is 3.36. The molecule has 0 unspecified atom stereocenters. The van der Waals surface area contributed by atoms with Crippen LogP contribution in [0, 0.1) is 13.8 Å². The van der Waals surface area contributed by atoms with Gasteiger partial charge in [0.05, 0.1) is 10.7 Å². The quantitative estimate of drug-likeness (QED) is 0.774. The number of aromatic nitrogens is 1. The van der Waals surface area contributed by atoms with Crippen LogP contribution in [0.2, 0.25) is 0 Å². The molecule has 2 aromatic rings. The lowest BCUT2D eigenvalue weighted by Gasteiger charge is -2.36. The Hall–Kier alpha value is -1.92. The first-order valence-electron chi connectivity index (χ1n) is 10.4. The average molecular weight is 399 g/mol. The minimum absolute atomic E-state index is 0.159. The molecular formula is C22H30N4OS. The molecule has 0 saturated carbocycles. The fourth-order valence-electron chi connectivity index (χ4n) is 4.15. The van der Waals surface area contributed by atoms with Crippen LogP contribution in [0.5, 0.6) is 0 Å². The molecule has 150 valence electrons. The molecule has 0 bridgehead atoms. The third-order valence-electron chi connectivity index (χ3n) is 5.81. The van der Waals surface area contributed by atoms with Crippen molar-refractivity contribution in [2.75, 3.05) is 50.7 Å². The summed E-state index contributed by atoms with van der Waals surface area (Å²) in [5.41, 5.74) is 3.43. The zero-order valence-electron chi connectivity index (χ0n) is 17.0. The number of carbonyl (C=O) groups excluding carboxylic acids is 1. The van der Waals surface area contributed by atoms with E-state index in [0.717, 1.165) is 54.7 Å². The summed E-state index contributed by atoms with van der Waals surface area (Å²) in [6.45, 7) is 10.9. The van der Waals surface area contributed by atoms with E-state index in [1.807, 2.05) is 11.8 Å². The Bertz CT molecular complexity index is 820. The molecule has 2 saturated heterocycles. The summed E-state index contributed by atoms with van der Waals surface area (Å²) in [6.07, 6.45) is 3.59. The van der Waals surface area contributed by atoms with Crippen molar-refractivity contribution in [3.63, 3.8) is 0 Å². The molecule has 2 aliphatic rings. The normalized spacial score (nSPS) is 18.1. The highest BCUT2D eigenvalue weighted by Gasteiger charge is 2.25. The molecular weight excluding hydrogens is 368 g/mol. The van der Waals surface area contributed by atoms with Gasteiger partial charge in [0, 0.05) is 44.8 Å². The van der Waals surface area contributed by atoms with E-state index in [-0.39, 0.29) is 5.91 Å². The molecule has 28 heavy (non-hydrogen) atoms. The maximum absolute atomic E-state index is 13.1. The van der Waals surface area contributed by atoms with Crippen LogP contribution >= 0.6 is 11.3 Å². The van der Waals surface area contributed by atoms with Gasteiger partial charge in [-0.1, -0.05) is 12.1 Å². The highest BCUT2D eigenvalue weighted by Crippen LogP contribution is 2.23. The average Bonchev–Trinajstić information content (AvgIpc) is 3.35. The first-order chi connectivity index (χ1) is 13.6. The molecule has 0 aliphatic carbocycles. The van der Waals surface area contributed by atoms with E-state index >= 15 is 0 Å². The Morgan fingerprint density at radius 3 is 2.54 bits per heavy atom. The van der Waals surface area contributed by atoms with Crippen LogP contribution in [0.3, 0.4) is 0 Å². The molecule has 0 radical (unpaired) electrons. The van der Waals surface area contributed by atoms with Crippen LogP contribution in [-0.2, 0) is 6.42 Å². The number of rotatable bonds is 5. The second-order valence-corrected chi connectivity index (χ2v) is 9.02. The van der Waals surface area contributed by atoms with E-state index in [1.165, 1.54) is 37.2 Å². The summed E-state index contributed by atoms with van der Waals surface area (Å²) in [5.74, 6) is 0.159. The van der Waals surface area contributed by atoms with Crippen LogP contribution in [0.25, 0.3) is 0 Å². The fourth-order valence-corrected chi connectivity index (χ4v) is 5.17. The Morgan fingerprint density at radius 1 is 1.07 bits per heavy atom. The van der Waals surface area contributed by atoms with Crippen molar-refractivity contribution in [2.45, 2.75) is 33.1 Å². The summed E-state index contributed by atoms with van der Waals surface area (Å²) in [7, 11) is 0. The Labute approximate surface area is 172 Å². The molecule has 6 heteroatoms. The molecule has 5 nitrogen and oxygen atoms in total. The Morgan fingerprint density at radius 2 is 1.82 bits per heavy atom. The maximum atomic E-state index is 13.1. The highest BCUT2D eigenvalue weighted by atomic mass is 32.1. The number of hydrogen-bond donors (Lipinski definition) is 0. The van der Waals surface area contributed by atoms with Gasteiger partial charge in [-0.25, -0.2) is 4.98 Å². The van der Waals surface area contributed by atoms with Crippen molar-refractivity contribution >= 4 is 22.9 Å². The molecule has 1 aromatic carbocycles. The minimum Gasteiger partial charge on any atom is -0.368 e. The number of aryl methyl sites for hydroxylation is 2. The van der Waals surface area contributed by atoms with E-state index < -0.39 is 0 Å². The van der Waals surface area contributed by atoms with Crippen LogP contribution in [0.1, 0.15) is 38.8 Å². The van der Waals surface area contributed by atoms with Gasteiger partial charge < -0.3 is 14.7 Å². The van der Waals surface area contributed by atoms with E-state index in [0.29, 0.717) is 0 Å². The summed E-state index contributed by atoms with van der Waals surface area (Å²) in [6, 6.07) is 8.60. The highest BCUT2D eigenvalue weighted by molar-refractivity contribution is 7.13. The van der Waals surface area contributed by atoms with Gasteiger partial charge in [-0.2, -0.15) is 0 Å². The lowest BCUT2D eigenvalue weighted by molar-refractivity contribution is 0.0750. The van der Waals surface area contributed by atoms with Crippen molar-refractivity contribution in [1.29, 1.82) is 0 Å². The summed E-state index contributed by atoms with van der Waals surface area (Å²) in [4.78, 5) is 25.5. The molecule has 2 aliphatic heterocycles. The molecule has 0 spiro atoms. The maximum Gasteiger partial charge on any atom is 0.265 e. The van der Waals surface area contributed by atoms with Gasteiger partial charge in [0.15, 0.2) is 0 Å². The molecule has 3 heterocycles. The first-order valence-corrected chi connectivity index (χ1v) is 11.2. The van der Waals surface area contributed by atoms with Crippen molar-refractivity contribution in [2.24, 2.45) is 0 Å². The number of amides is 1. The van der Waals surface area contributed by atoms with Crippen LogP contribution in [0.4, 0.5) is 5.69 Å². The third-order valence-corrected chi connectivity index (χ3v) is 7.01. The van der Waals surface area contributed by atoms with Crippen LogP contribution in [0.15, 0.2) is 24.3 Å². The van der Waals surface area contributed by atoms with E-state index in [2.05, 4.69) is 41.0 Å². The lowest BCUT2D eigenvalue weighted by atomic mass is 10.2. The molecule has 1 amide bonds. The first kappa shape index (κ1) is 19.4. The van der Waals surface area contributed by atoms with Crippen molar-refractivity contribution in [3.8, 4) is 0 Å². The second kappa shape index (κ2) is 8.62. The summed E-state index contributed by atoms with van der Waals surface area (Å²) < 4.78 is 0. The SMILES string of the molecule is Cc1cccc(N2CCN(C(=O)c3sc(CCN4CCCC4)nc3C)CC2)c1. The molecule has 2 fully saturated rings. The zero-order valence-corrected chi connectivity index (χ0v) is 17.8. The molecule has 0 N–H and O–H groups in total. The molecule has 4 rings (SSSR count). The van der Waals surface area contributed by atoms with Gasteiger partial charge >= 0.3 is 0 Å². The van der Waals surface area contributed by atoms with Gasteiger partial charge in [-0.15, -0.1) is 11.3 Å². The number of benzene rings is 1. The summed E-state index contributed by atoms with van der Waals surface area (Å²) in [5, 5.41) is 1.10. The standard InChI is InChI=1S/C22H30N4OS/c1-17-6-5-7-19(16-17)25-12-14-26(15-13-25)22(27)21-18(2)23-20(28-21)8-11-24-9-3-4-10-24/h5-7,16H,3-4,8-15H2,1-2H3. The number of anilines is 1. The molecule has 0 atom stereocenters. The number of likely N-dealkylation sites (tertiary alicyclic amines) is 1. The molecule has 1 aromatic heterocycles. The van der Waals surface area contributed by atoms with E-state index in [1.54, 1.807) is 11.3 Å². The Balaban J connectivity index is 1.34. The third kappa shape index (κ3) is 4.39. The topological polar surface area (TPSA) is 39.7 Å². The zero-order chi connectivity index (χ0) is 19.5. The predicted molar refractivity (Wildman–Crippen MR) is 116 cm³/mol. The van der Waals surface area contributed by atoms with E-state index in [9.17, 15) is 4.79 Å². The minimum atomic E-state index is 0.159. The van der Waals surface area contributed by atoms with Crippen LogP contribution < -0.4 is 4.90 Å². The smallest absolute Gasteiger partial charge is 0.265 e. The van der Waals surface area contributed by atoms with Crippen molar-refractivity contribution in [3.05, 3.63) is 45.4 Å². The van der Waals surface area contributed by atoms with Gasteiger partial charge in [0.25, 0.3) is 5.91 Å². The number of hydrogen-bond acceptors (Lipinski definition) is 5. The monoisotopic (exact) mass is 398 g/mol. The van der Waals surface area contributed by atoms with Gasteiger partial charge in [-0.05, 0) is 57.5 Å². The Kier molecular flexibility index (Phi) is 5.97. The van der Waals surface area contributed by atoms with Gasteiger partial charge in [0.2, 0.25) is 0 Å². The van der Waals surface area contributed by atoms with Crippen LogP contribution in [-0.4, -0.2) is 66.5 Å². The number of nitrogens with zero attached hydrogens (tertiary/aromatic N) is 4. The number of thiazole rings is 1. The largest absolute Gasteiger partial charge is 0.368 e. The number of piperazine rings is 1. The van der Waals surface area contributed by atoms with Crippen molar-refractivity contribution in [1.82, 2.24) is 14.8 Å². The number of carbonyl (C=O) groups is 1. The van der Waals surface area contributed by atoms with Gasteiger partial charge in [-0.3, -0.25) is 4.79 Å². The lowest BCUT2D eigenvalue weighted by Crippen LogP contribution is -2.48. The van der Waals surface area contributed by atoms with E-state index in [4.69, 9.17) is 4.98 Å². The van der Waals surface area contributed by atoms with Gasteiger partial charge in [0.1, 0.15) is 4.88 Å².